The molecule has 5 nitrogen and oxygen atoms in total. The number of amides is 2. The Kier molecular flexibility index (Phi) is 3.57. The van der Waals surface area contributed by atoms with Crippen LogP contribution in [0.3, 0.4) is 0 Å². The molecule has 1 aromatic carbocycles. The van der Waals surface area contributed by atoms with Gasteiger partial charge in [-0.05, 0) is 57.7 Å². The standard InChI is InChI=1S/C19H22N2O3S/c1-11-15(6-5-14-16(11)25-10-20-14)21(12(2)22)17(23)13-9-18(3)7-8-19(13,4)24-18/h5-6,10,13H,7-9H2,1-4H3. The fourth-order valence-electron chi connectivity index (χ4n) is 4.46. The lowest BCUT2D eigenvalue weighted by Crippen LogP contribution is -2.47. The van der Waals surface area contributed by atoms with Gasteiger partial charge in [0.25, 0.3) is 0 Å². The van der Waals surface area contributed by atoms with Gasteiger partial charge in [-0.3, -0.25) is 14.5 Å². The van der Waals surface area contributed by atoms with Gasteiger partial charge in [-0.15, -0.1) is 11.3 Å². The number of carbonyl (C=O) groups is 2. The van der Waals surface area contributed by atoms with Crippen LogP contribution in [0.1, 0.15) is 45.6 Å². The predicted octanol–water partition coefficient (Wildman–Crippen LogP) is 3.83. The molecule has 2 aliphatic rings. The van der Waals surface area contributed by atoms with Crippen LogP contribution in [0.25, 0.3) is 10.2 Å². The summed E-state index contributed by atoms with van der Waals surface area (Å²) in [6.45, 7) is 7.47. The van der Waals surface area contributed by atoms with E-state index in [4.69, 9.17) is 4.74 Å². The van der Waals surface area contributed by atoms with Crippen LogP contribution in [0.15, 0.2) is 17.6 Å². The SMILES string of the molecule is CC(=O)N(C(=O)C1CC2(C)CCC1(C)O2)c1ccc2ncsc2c1C. The van der Waals surface area contributed by atoms with Crippen molar-refractivity contribution in [3.63, 3.8) is 0 Å². The van der Waals surface area contributed by atoms with Crippen molar-refractivity contribution in [3.8, 4) is 0 Å². The molecule has 2 aromatic rings. The number of rotatable bonds is 2. The average Bonchev–Trinajstić information content (AvgIpc) is 3.19. The molecule has 0 aliphatic carbocycles. The highest BCUT2D eigenvalue weighted by atomic mass is 32.1. The van der Waals surface area contributed by atoms with Crippen LogP contribution < -0.4 is 4.90 Å². The number of carbonyl (C=O) groups excluding carboxylic acids is 2. The van der Waals surface area contributed by atoms with E-state index in [1.807, 2.05) is 26.0 Å². The number of thiazole rings is 1. The van der Waals surface area contributed by atoms with E-state index in [0.717, 1.165) is 28.6 Å². The van der Waals surface area contributed by atoms with Gasteiger partial charge >= 0.3 is 0 Å². The first-order chi connectivity index (χ1) is 11.7. The van der Waals surface area contributed by atoms with E-state index in [-0.39, 0.29) is 23.3 Å². The molecule has 1 aromatic heterocycles. The van der Waals surface area contributed by atoms with Gasteiger partial charge in [0.15, 0.2) is 0 Å². The van der Waals surface area contributed by atoms with Crippen LogP contribution >= 0.6 is 11.3 Å². The van der Waals surface area contributed by atoms with E-state index in [1.54, 1.807) is 5.51 Å². The summed E-state index contributed by atoms with van der Waals surface area (Å²) in [6, 6.07) is 3.70. The number of fused-ring (bicyclic) bond motifs is 3. The Balaban J connectivity index is 1.76. The summed E-state index contributed by atoms with van der Waals surface area (Å²) in [7, 11) is 0. The Bertz CT molecular complexity index is 892. The molecule has 25 heavy (non-hydrogen) atoms. The predicted molar refractivity (Wildman–Crippen MR) is 97.8 cm³/mol. The summed E-state index contributed by atoms with van der Waals surface area (Å²) >= 11 is 1.53. The number of hydrogen-bond acceptors (Lipinski definition) is 5. The molecule has 132 valence electrons. The number of imide groups is 1. The molecule has 6 heteroatoms. The number of ether oxygens (including phenoxy) is 1. The average molecular weight is 358 g/mol. The highest BCUT2D eigenvalue weighted by Crippen LogP contribution is 2.54. The Morgan fingerprint density at radius 2 is 2.08 bits per heavy atom. The third kappa shape index (κ3) is 2.42. The van der Waals surface area contributed by atoms with Gasteiger partial charge in [0.1, 0.15) is 0 Å². The summed E-state index contributed by atoms with van der Waals surface area (Å²) < 4.78 is 7.18. The number of aryl methyl sites for hydroxylation is 1. The zero-order valence-corrected chi connectivity index (χ0v) is 15.8. The smallest absolute Gasteiger partial charge is 0.239 e. The maximum Gasteiger partial charge on any atom is 0.239 e. The van der Waals surface area contributed by atoms with Crippen LogP contribution in [-0.4, -0.2) is 28.0 Å². The molecular formula is C19H22N2O3S. The minimum atomic E-state index is -0.470. The molecule has 0 N–H and O–H groups in total. The third-order valence-electron chi connectivity index (χ3n) is 5.80. The molecule has 0 spiro atoms. The van der Waals surface area contributed by atoms with E-state index >= 15 is 0 Å². The second kappa shape index (κ2) is 5.35. The lowest BCUT2D eigenvalue weighted by atomic mass is 9.74. The first kappa shape index (κ1) is 16.7. The summed E-state index contributed by atoms with van der Waals surface area (Å²) in [5, 5.41) is 0. The fourth-order valence-corrected chi connectivity index (χ4v) is 5.25. The van der Waals surface area contributed by atoms with Crippen LogP contribution in [0.4, 0.5) is 5.69 Å². The van der Waals surface area contributed by atoms with Crippen molar-refractivity contribution < 1.29 is 14.3 Å². The summed E-state index contributed by atoms with van der Waals surface area (Å²) in [4.78, 5) is 31.4. The summed E-state index contributed by atoms with van der Waals surface area (Å²) in [5.74, 6) is -0.689. The number of nitrogens with zero attached hydrogens (tertiary/aromatic N) is 2. The second-order valence-electron chi connectivity index (χ2n) is 7.72. The number of aromatic nitrogens is 1. The lowest BCUT2D eigenvalue weighted by molar-refractivity contribution is -0.131. The lowest BCUT2D eigenvalue weighted by Gasteiger charge is -2.32. The number of hydrogen-bond donors (Lipinski definition) is 0. The normalized spacial score (nSPS) is 30.8. The maximum absolute atomic E-state index is 13.4. The molecule has 3 heterocycles. The van der Waals surface area contributed by atoms with E-state index in [1.165, 1.54) is 23.2 Å². The number of benzene rings is 1. The first-order valence-corrected chi connectivity index (χ1v) is 9.50. The zero-order chi connectivity index (χ0) is 18.0. The zero-order valence-electron chi connectivity index (χ0n) is 15.0. The molecule has 3 atom stereocenters. The Hall–Kier alpha value is -1.79. The van der Waals surface area contributed by atoms with Gasteiger partial charge in [0.2, 0.25) is 11.8 Å². The van der Waals surface area contributed by atoms with Gasteiger partial charge < -0.3 is 4.74 Å². The molecule has 2 fully saturated rings. The quantitative estimate of drug-likeness (QED) is 0.818. The second-order valence-corrected chi connectivity index (χ2v) is 8.58. The molecular weight excluding hydrogens is 336 g/mol. The van der Waals surface area contributed by atoms with Crippen LogP contribution in [0.2, 0.25) is 0 Å². The van der Waals surface area contributed by atoms with Crippen molar-refractivity contribution >= 4 is 39.1 Å². The van der Waals surface area contributed by atoms with Crippen molar-refractivity contribution in [2.75, 3.05) is 4.90 Å². The number of anilines is 1. The summed E-state index contributed by atoms with van der Waals surface area (Å²) in [5.41, 5.74) is 3.54. The molecule has 2 saturated heterocycles. The van der Waals surface area contributed by atoms with Crippen LogP contribution in [-0.2, 0) is 14.3 Å². The van der Waals surface area contributed by atoms with Crippen molar-refractivity contribution in [2.45, 2.75) is 58.2 Å². The molecule has 2 aliphatic heterocycles. The molecule has 2 bridgehead atoms. The molecule has 0 saturated carbocycles. The highest BCUT2D eigenvalue weighted by Gasteiger charge is 2.60. The molecule has 2 amide bonds. The van der Waals surface area contributed by atoms with Gasteiger partial charge in [-0.1, -0.05) is 0 Å². The highest BCUT2D eigenvalue weighted by molar-refractivity contribution is 7.17. The van der Waals surface area contributed by atoms with Gasteiger partial charge in [-0.25, -0.2) is 4.98 Å². The van der Waals surface area contributed by atoms with E-state index in [0.29, 0.717) is 12.1 Å². The van der Waals surface area contributed by atoms with Gasteiger partial charge in [0, 0.05) is 6.92 Å². The molecule has 3 unspecified atom stereocenters. The van der Waals surface area contributed by atoms with Gasteiger partial charge in [0.05, 0.1) is 38.5 Å². The Morgan fingerprint density at radius 1 is 1.32 bits per heavy atom. The fraction of sp³-hybridized carbons (Fsp3) is 0.526. The van der Waals surface area contributed by atoms with Crippen molar-refractivity contribution in [1.29, 1.82) is 0 Å². The minimum absolute atomic E-state index is 0.148. The molecule has 0 radical (unpaired) electrons. The minimum Gasteiger partial charge on any atom is -0.368 e. The van der Waals surface area contributed by atoms with Crippen LogP contribution in [0, 0.1) is 12.8 Å². The van der Waals surface area contributed by atoms with Crippen LogP contribution in [0.5, 0.6) is 0 Å². The topological polar surface area (TPSA) is 59.5 Å². The Labute approximate surface area is 151 Å². The van der Waals surface area contributed by atoms with Crippen molar-refractivity contribution in [1.82, 2.24) is 4.98 Å². The monoisotopic (exact) mass is 358 g/mol. The van der Waals surface area contributed by atoms with Gasteiger partial charge in [-0.2, -0.15) is 0 Å². The summed E-state index contributed by atoms with van der Waals surface area (Å²) in [6.07, 6.45) is 2.51. The Morgan fingerprint density at radius 3 is 2.68 bits per heavy atom. The van der Waals surface area contributed by atoms with Crippen molar-refractivity contribution in [2.24, 2.45) is 5.92 Å². The van der Waals surface area contributed by atoms with E-state index in [9.17, 15) is 9.59 Å². The third-order valence-corrected chi connectivity index (χ3v) is 6.76. The first-order valence-electron chi connectivity index (χ1n) is 8.62. The largest absolute Gasteiger partial charge is 0.368 e. The van der Waals surface area contributed by atoms with E-state index in [2.05, 4.69) is 11.9 Å². The maximum atomic E-state index is 13.4. The molecule has 4 rings (SSSR count). The van der Waals surface area contributed by atoms with Crippen molar-refractivity contribution in [3.05, 3.63) is 23.2 Å². The van der Waals surface area contributed by atoms with E-state index < -0.39 is 5.60 Å².